The van der Waals surface area contributed by atoms with Crippen LogP contribution in [0.5, 0.6) is 0 Å². The zero-order valence-electron chi connectivity index (χ0n) is 8.81. The lowest BCUT2D eigenvalue weighted by Crippen LogP contribution is -1.73. The van der Waals surface area contributed by atoms with E-state index in [0.717, 1.165) is 11.5 Å². The average molecular weight is 199 g/mol. The minimum atomic E-state index is 0.897. The van der Waals surface area contributed by atoms with Gasteiger partial charge in [0.2, 0.25) is 0 Å². The Morgan fingerprint density at radius 1 is 1.15 bits per heavy atom. The second kappa shape index (κ2) is 8.12. The summed E-state index contributed by atoms with van der Waals surface area (Å²) in [5, 5.41) is 0.914. The van der Waals surface area contributed by atoms with Crippen LogP contribution in [0.4, 0.5) is 0 Å². The van der Waals surface area contributed by atoms with Gasteiger partial charge < -0.3 is 0 Å². The molecule has 0 radical (unpaired) electrons. The average Bonchev–Trinajstić information content (AvgIpc) is 2.30. The summed E-state index contributed by atoms with van der Waals surface area (Å²) in [5.41, 5.74) is 1.31. The largest absolute Gasteiger partial charge is 0.0888 e. The molecule has 0 fully saturated rings. The van der Waals surface area contributed by atoms with E-state index in [9.17, 15) is 0 Å². The Labute approximate surface area is 87.0 Å². The minimum Gasteiger partial charge on any atom is -0.0888 e. The number of hydrogen-bond acceptors (Lipinski definition) is 0. The lowest BCUT2D eigenvalue weighted by atomic mass is 10.2. The quantitative estimate of drug-likeness (QED) is 0.567. The van der Waals surface area contributed by atoms with Crippen LogP contribution in [0.3, 0.4) is 0 Å². The Bertz CT molecular complexity index is 187. The number of unbranched alkanes of at least 4 members (excludes halogenated alkanes) is 1. The summed E-state index contributed by atoms with van der Waals surface area (Å²) < 4.78 is 0. The lowest BCUT2D eigenvalue weighted by Gasteiger charge is -1.93. The first-order valence-electron chi connectivity index (χ1n) is 4.89. The van der Waals surface area contributed by atoms with E-state index in [2.05, 4.69) is 26.8 Å². The molecular weight excluding hydrogens is 180 g/mol. The van der Waals surface area contributed by atoms with Gasteiger partial charge in [0.15, 0.2) is 0 Å². The van der Waals surface area contributed by atoms with Gasteiger partial charge in [0.1, 0.15) is 0 Å². The smallest absolute Gasteiger partial charge is 0.0221 e. The molecule has 0 aliphatic heterocycles. The fourth-order valence-corrected chi connectivity index (χ4v) is 1.05. The van der Waals surface area contributed by atoms with Crippen molar-refractivity contribution in [2.24, 2.45) is 0 Å². The topological polar surface area (TPSA) is 0 Å². The highest BCUT2D eigenvalue weighted by Crippen LogP contribution is 2.16. The van der Waals surface area contributed by atoms with Gasteiger partial charge in [-0.05, 0) is 13.0 Å². The molecule has 1 heteroatoms. The first-order valence-corrected chi connectivity index (χ1v) is 5.27. The molecule has 0 amide bonds. The summed E-state index contributed by atoms with van der Waals surface area (Å²) in [6, 6.07) is 0. The Kier molecular flexibility index (Phi) is 7.82. The van der Waals surface area contributed by atoms with Crippen molar-refractivity contribution in [2.75, 3.05) is 0 Å². The van der Waals surface area contributed by atoms with Crippen LogP contribution in [0, 0.1) is 0 Å². The van der Waals surface area contributed by atoms with E-state index in [4.69, 9.17) is 11.6 Å². The highest BCUT2D eigenvalue weighted by molar-refractivity contribution is 6.29. The van der Waals surface area contributed by atoms with E-state index < -0.39 is 0 Å². The number of rotatable bonds is 1. The van der Waals surface area contributed by atoms with Crippen LogP contribution in [0.2, 0.25) is 0 Å². The van der Waals surface area contributed by atoms with Crippen LogP contribution < -0.4 is 0 Å². The molecule has 0 spiro atoms. The molecule has 0 aromatic rings. The van der Waals surface area contributed by atoms with E-state index in [-0.39, 0.29) is 0 Å². The van der Waals surface area contributed by atoms with Crippen LogP contribution in [0.15, 0.2) is 34.9 Å². The van der Waals surface area contributed by atoms with Gasteiger partial charge in [0, 0.05) is 11.5 Å². The Balaban J connectivity index is 0.000000310. The van der Waals surface area contributed by atoms with Crippen LogP contribution >= 0.6 is 11.6 Å². The van der Waals surface area contributed by atoms with Crippen LogP contribution in [0.1, 0.15) is 40.0 Å². The molecule has 1 aliphatic carbocycles. The van der Waals surface area contributed by atoms with Crippen molar-refractivity contribution in [2.45, 2.75) is 40.0 Å². The third-order valence-corrected chi connectivity index (χ3v) is 1.98. The van der Waals surface area contributed by atoms with Gasteiger partial charge in [0.25, 0.3) is 0 Å². The van der Waals surface area contributed by atoms with Crippen LogP contribution in [0.25, 0.3) is 0 Å². The first kappa shape index (κ1) is 12.5. The molecule has 74 valence electrons. The van der Waals surface area contributed by atoms with Gasteiger partial charge >= 0.3 is 0 Å². The third-order valence-electron chi connectivity index (χ3n) is 1.72. The summed E-state index contributed by atoms with van der Waals surface area (Å²) >= 11 is 5.78. The maximum absolute atomic E-state index is 5.78. The summed E-state index contributed by atoms with van der Waals surface area (Å²) in [6.07, 6.45) is 11.5. The fourth-order valence-electron chi connectivity index (χ4n) is 0.764. The molecule has 0 heterocycles. The summed E-state index contributed by atoms with van der Waals surface area (Å²) in [4.78, 5) is 0. The van der Waals surface area contributed by atoms with Crippen molar-refractivity contribution in [1.82, 2.24) is 0 Å². The highest BCUT2D eigenvalue weighted by Gasteiger charge is 1.94. The predicted molar refractivity (Wildman–Crippen MR) is 62.0 cm³/mol. The van der Waals surface area contributed by atoms with Gasteiger partial charge in [0.05, 0.1) is 0 Å². The van der Waals surface area contributed by atoms with Crippen molar-refractivity contribution >= 4 is 11.6 Å². The summed E-state index contributed by atoms with van der Waals surface area (Å²) in [5.74, 6) is 0. The van der Waals surface area contributed by atoms with Gasteiger partial charge in [-0.1, -0.05) is 62.1 Å². The Morgan fingerprint density at radius 3 is 2.23 bits per heavy atom. The van der Waals surface area contributed by atoms with Crippen molar-refractivity contribution in [3.05, 3.63) is 34.9 Å². The third kappa shape index (κ3) is 7.86. The van der Waals surface area contributed by atoms with Gasteiger partial charge in [-0.2, -0.15) is 0 Å². The zero-order chi connectivity index (χ0) is 10.1. The van der Waals surface area contributed by atoms with Crippen LogP contribution in [-0.4, -0.2) is 0 Å². The molecule has 0 unspecified atom stereocenters. The van der Waals surface area contributed by atoms with Gasteiger partial charge in [-0.15, -0.1) is 0 Å². The van der Waals surface area contributed by atoms with E-state index >= 15 is 0 Å². The number of hydrogen-bond donors (Lipinski definition) is 0. The number of allylic oxidation sites excluding steroid dienone is 6. The van der Waals surface area contributed by atoms with Gasteiger partial charge in [-0.3, -0.25) is 0 Å². The van der Waals surface area contributed by atoms with E-state index in [0.29, 0.717) is 0 Å². The standard InChI is InChI=1S/C8H9Cl.C4H10/c1-7-4-2-3-5-8(9)6-7;1-3-4-2/h2-5H,6H2,1H3;3-4H2,1-2H3. The predicted octanol–water partition coefficient (Wildman–Crippen LogP) is 4.82. The lowest BCUT2D eigenvalue weighted by molar-refractivity contribution is 0.886. The second-order valence-electron chi connectivity index (χ2n) is 3.19. The van der Waals surface area contributed by atoms with Crippen LogP contribution in [-0.2, 0) is 0 Å². The number of halogens is 1. The maximum atomic E-state index is 5.78. The Hall–Kier alpha value is -0.490. The molecule has 13 heavy (non-hydrogen) atoms. The van der Waals surface area contributed by atoms with E-state index in [1.165, 1.54) is 18.4 Å². The van der Waals surface area contributed by atoms with Crippen molar-refractivity contribution in [3.8, 4) is 0 Å². The SMILES string of the molecule is CC1=CC=CC=C(Cl)C1.CCCC. The molecule has 0 aromatic carbocycles. The molecule has 0 nitrogen and oxygen atoms in total. The monoisotopic (exact) mass is 198 g/mol. The molecule has 0 bridgehead atoms. The summed E-state index contributed by atoms with van der Waals surface area (Å²) in [6.45, 7) is 6.44. The zero-order valence-corrected chi connectivity index (χ0v) is 9.56. The second-order valence-corrected chi connectivity index (χ2v) is 3.67. The molecular formula is C12H19Cl. The first-order chi connectivity index (χ1) is 6.20. The molecule has 0 saturated carbocycles. The van der Waals surface area contributed by atoms with Crippen molar-refractivity contribution < 1.29 is 0 Å². The Morgan fingerprint density at radius 2 is 1.69 bits per heavy atom. The molecule has 0 aromatic heterocycles. The van der Waals surface area contributed by atoms with Crippen molar-refractivity contribution in [3.63, 3.8) is 0 Å². The maximum Gasteiger partial charge on any atom is 0.0221 e. The fraction of sp³-hybridized carbons (Fsp3) is 0.500. The molecule has 0 saturated heterocycles. The van der Waals surface area contributed by atoms with E-state index in [1.54, 1.807) is 0 Å². The normalized spacial score (nSPS) is 15.1. The van der Waals surface area contributed by atoms with E-state index in [1.807, 2.05) is 18.2 Å². The molecule has 0 N–H and O–H groups in total. The highest BCUT2D eigenvalue weighted by atomic mass is 35.5. The minimum absolute atomic E-state index is 0.897. The molecule has 1 rings (SSSR count). The molecule has 1 aliphatic rings. The molecule has 0 atom stereocenters. The summed E-state index contributed by atoms with van der Waals surface area (Å²) in [7, 11) is 0. The van der Waals surface area contributed by atoms with Crippen molar-refractivity contribution in [1.29, 1.82) is 0 Å². The van der Waals surface area contributed by atoms with Gasteiger partial charge in [-0.25, -0.2) is 0 Å².